The Bertz CT molecular complexity index is 178. The van der Waals surface area contributed by atoms with Crippen LogP contribution in [-0.4, -0.2) is 24.8 Å². The first-order chi connectivity index (χ1) is 5.54. The fourth-order valence-corrected chi connectivity index (χ4v) is 0.578. The van der Waals surface area contributed by atoms with Crippen molar-refractivity contribution < 1.29 is 6.17 Å². The molecule has 0 saturated carbocycles. The maximum atomic E-state index is 10.3. The van der Waals surface area contributed by atoms with Crippen LogP contribution in [0.25, 0.3) is 0 Å². The predicted octanol–water partition coefficient (Wildman–Crippen LogP) is -1.43. The second-order valence-electron chi connectivity index (χ2n) is 2.17. The van der Waals surface area contributed by atoms with Crippen molar-refractivity contribution in [2.75, 3.05) is 6.54 Å². The molecule has 0 rings (SSSR count). The van der Waals surface area contributed by atoms with Gasteiger partial charge in [0.15, 0.2) is 5.96 Å². The molecule has 0 aromatic heterocycles. The third-order valence-electron chi connectivity index (χ3n) is 1.12. The maximum Gasteiger partial charge on any atom is 0.185 e. The second-order valence-corrected chi connectivity index (χ2v) is 2.17. The van der Waals surface area contributed by atoms with Gasteiger partial charge in [-0.15, -0.1) is 0 Å². The molecule has 0 aromatic rings. The number of hydrogen-bond donors (Lipinski definition) is 3. The minimum Gasteiger partial charge on any atom is -0.370 e. The molecule has 6 N–H and O–H groups in total. The number of aliphatic imine (C=N–C) groups is 1. The van der Waals surface area contributed by atoms with Crippen molar-refractivity contribution in [3.63, 3.8) is 0 Å². The van der Waals surface area contributed by atoms with Gasteiger partial charge in [-0.25, -0.2) is 0 Å². The van der Waals surface area contributed by atoms with Crippen molar-refractivity contribution in [3.8, 4) is 0 Å². The molecule has 0 radical (unpaired) electrons. The lowest BCUT2D eigenvalue weighted by Gasteiger charge is -2.00. The van der Waals surface area contributed by atoms with E-state index in [9.17, 15) is 4.79 Å². The van der Waals surface area contributed by atoms with Gasteiger partial charge in [0, 0.05) is 6.54 Å². The summed E-state index contributed by atoms with van der Waals surface area (Å²) >= 11 is 0. The monoisotopic (exact) mass is 159 g/mol. The van der Waals surface area contributed by atoms with Crippen molar-refractivity contribution in [2.45, 2.75) is 18.9 Å². The summed E-state index contributed by atoms with van der Waals surface area (Å²) in [5.41, 5.74) is 15.4. The highest BCUT2D eigenvalue weighted by atomic mass is 16.1. The Morgan fingerprint density at radius 2 is 2.36 bits per heavy atom. The van der Waals surface area contributed by atoms with Crippen LogP contribution in [0.15, 0.2) is 4.99 Å². The molecule has 0 aliphatic rings. The minimum atomic E-state index is -0.750. The van der Waals surface area contributed by atoms with Crippen LogP contribution in [0.5, 0.6) is 0 Å². The summed E-state index contributed by atoms with van der Waals surface area (Å²) in [5, 5.41) is 0. The number of aldehydes is 1. The van der Waals surface area contributed by atoms with Crippen LogP contribution in [0.2, 0.25) is 0 Å². The summed E-state index contributed by atoms with van der Waals surface area (Å²) in [6.45, 7) is 0.448. The number of nitrogens with zero attached hydrogens (tertiary/aromatic N) is 1. The molecular formula is C6H14N4O. The fraction of sp³-hybridized carbons (Fsp3) is 0.667. The molecule has 0 aromatic carbocycles. The molecule has 0 heterocycles. The van der Waals surface area contributed by atoms with Crippen molar-refractivity contribution in [1.29, 1.82) is 0 Å². The molecule has 0 fully saturated rings. The van der Waals surface area contributed by atoms with Gasteiger partial charge in [0.05, 0.1) is 6.04 Å². The number of carbonyl (C=O) groups is 1. The first-order valence-electron chi connectivity index (χ1n) is 3.85. The Hall–Kier alpha value is -1.10. The average molecular weight is 159 g/mol. The molecule has 0 bridgehead atoms. The van der Waals surface area contributed by atoms with Gasteiger partial charge in [-0.2, -0.15) is 0 Å². The largest absolute Gasteiger partial charge is 0.370 e. The minimum absolute atomic E-state index is 0.0285. The molecule has 0 unspecified atom stereocenters. The SMILES string of the molecule is [2H]C(=O)[C@@H](N)CCCN=C(N)N. The van der Waals surface area contributed by atoms with Gasteiger partial charge in [-0.05, 0) is 12.8 Å². The van der Waals surface area contributed by atoms with E-state index in [0.29, 0.717) is 19.4 Å². The number of rotatable bonds is 5. The van der Waals surface area contributed by atoms with E-state index in [1.807, 2.05) is 0 Å². The molecule has 0 amide bonds. The van der Waals surface area contributed by atoms with Crippen LogP contribution in [0.1, 0.15) is 14.2 Å². The molecular weight excluding hydrogens is 144 g/mol. The van der Waals surface area contributed by atoms with Crippen molar-refractivity contribution in [3.05, 3.63) is 0 Å². The highest BCUT2D eigenvalue weighted by Gasteiger charge is 1.97. The van der Waals surface area contributed by atoms with E-state index in [4.69, 9.17) is 18.6 Å². The second kappa shape index (κ2) is 5.67. The van der Waals surface area contributed by atoms with Gasteiger partial charge in [0.25, 0.3) is 0 Å². The summed E-state index contributed by atoms with van der Waals surface area (Å²) in [6.07, 6.45) is 0.308. The van der Waals surface area contributed by atoms with Crippen LogP contribution in [0.3, 0.4) is 0 Å². The summed E-state index contributed by atoms with van der Waals surface area (Å²) < 4.78 is 6.65. The van der Waals surface area contributed by atoms with Gasteiger partial charge in [0.1, 0.15) is 7.63 Å². The lowest BCUT2D eigenvalue weighted by Crippen LogP contribution is -2.24. The quantitative estimate of drug-likeness (QED) is 0.198. The molecule has 0 saturated heterocycles. The number of carbonyl (C=O) groups excluding carboxylic acids is 1. The third kappa shape index (κ3) is 6.79. The molecule has 5 heteroatoms. The van der Waals surface area contributed by atoms with Crippen molar-refractivity contribution in [2.24, 2.45) is 22.2 Å². The summed E-state index contributed by atoms with van der Waals surface area (Å²) in [4.78, 5) is 14.0. The normalized spacial score (nSPS) is 13.4. The molecule has 11 heavy (non-hydrogen) atoms. The van der Waals surface area contributed by atoms with Gasteiger partial charge < -0.3 is 22.0 Å². The van der Waals surface area contributed by atoms with E-state index in [2.05, 4.69) is 4.99 Å². The number of nitrogens with two attached hydrogens (primary N) is 3. The van der Waals surface area contributed by atoms with Crippen molar-refractivity contribution in [1.82, 2.24) is 0 Å². The van der Waals surface area contributed by atoms with E-state index >= 15 is 0 Å². The van der Waals surface area contributed by atoms with Gasteiger partial charge in [-0.1, -0.05) is 0 Å². The van der Waals surface area contributed by atoms with E-state index in [-0.39, 0.29) is 5.96 Å². The third-order valence-corrected chi connectivity index (χ3v) is 1.12. The van der Waals surface area contributed by atoms with Gasteiger partial charge in [-0.3, -0.25) is 4.99 Å². The highest BCUT2D eigenvalue weighted by molar-refractivity contribution is 5.75. The van der Waals surface area contributed by atoms with Crippen LogP contribution in [0.4, 0.5) is 0 Å². The Morgan fingerprint density at radius 1 is 1.73 bits per heavy atom. The van der Waals surface area contributed by atoms with Crippen LogP contribution in [0, 0.1) is 0 Å². The topological polar surface area (TPSA) is 107 Å². The first-order valence-corrected chi connectivity index (χ1v) is 3.35. The Labute approximate surface area is 67.0 Å². The summed E-state index contributed by atoms with van der Waals surface area (Å²) in [5.74, 6) is 0.0285. The zero-order valence-electron chi connectivity index (χ0n) is 7.29. The molecule has 0 aliphatic heterocycles. The zero-order chi connectivity index (χ0) is 9.56. The van der Waals surface area contributed by atoms with E-state index in [1.54, 1.807) is 0 Å². The van der Waals surface area contributed by atoms with E-state index in [0.717, 1.165) is 0 Å². The molecule has 64 valence electrons. The van der Waals surface area contributed by atoms with Gasteiger partial charge >= 0.3 is 0 Å². The van der Waals surface area contributed by atoms with Gasteiger partial charge in [0.2, 0.25) is 0 Å². The maximum absolute atomic E-state index is 10.3. The highest BCUT2D eigenvalue weighted by Crippen LogP contribution is 1.91. The first kappa shape index (κ1) is 8.00. The Morgan fingerprint density at radius 3 is 2.82 bits per heavy atom. The van der Waals surface area contributed by atoms with Crippen molar-refractivity contribution >= 4 is 12.2 Å². The Balaban J connectivity index is 3.44. The van der Waals surface area contributed by atoms with Crippen LogP contribution >= 0.6 is 0 Å². The Kier molecular flexibility index (Phi) is 4.12. The summed E-state index contributed by atoms with van der Waals surface area (Å²) in [6, 6.07) is -0.709. The fourth-order valence-electron chi connectivity index (χ4n) is 0.578. The number of guanidine groups is 1. The molecule has 1 atom stereocenters. The van der Waals surface area contributed by atoms with Crippen LogP contribution in [-0.2, 0) is 4.79 Å². The van der Waals surface area contributed by atoms with E-state index < -0.39 is 12.3 Å². The van der Waals surface area contributed by atoms with Crippen LogP contribution < -0.4 is 17.2 Å². The lowest BCUT2D eigenvalue weighted by atomic mass is 10.2. The van der Waals surface area contributed by atoms with E-state index in [1.165, 1.54) is 0 Å². The summed E-state index contributed by atoms with van der Waals surface area (Å²) in [7, 11) is 0. The number of hydrogen-bond acceptors (Lipinski definition) is 3. The predicted molar refractivity (Wildman–Crippen MR) is 44.0 cm³/mol. The smallest absolute Gasteiger partial charge is 0.185 e. The average Bonchev–Trinajstić information content (AvgIpc) is 1.97. The zero-order valence-corrected chi connectivity index (χ0v) is 6.29. The molecule has 0 aliphatic carbocycles. The molecule has 5 nitrogen and oxygen atoms in total. The molecule has 0 spiro atoms. The lowest BCUT2D eigenvalue weighted by molar-refractivity contribution is -0.109. The standard InChI is InChI=1S/C6H14N4O/c7-5(4-11)2-1-3-10-6(8)9/h4-5H,1-3,7H2,(H4,8,9,10)/t5-/m0/s1/i4D.